The second-order valence-corrected chi connectivity index (χ2v) is 5.17. The van der Waals surface area contributed by atoms with Crippen molar-refractivity contribution in [3.8, 4) is 0 Å². The highest BCUT2D eigenvalue weighted by molar-refractivity contribution is 7.94. The fraction of sp³-hybridized carbons (Fsp3) is 0. The van der Waals surface area contributed by atoms with E-state index in [9.17, 15) is 12.8 Å². The zero-order chi connectivity index (χ0) is 11.8. The molecule has 0 heterocycles. The van der Waals surface area contributed by atoms with E-state index in [-0.39, 0.29) is 4.90 Å². The summed E-state index contributed by atoms with van der Waals surface area (Å²) in [6, 6.07) is 8.87. The van der Waals surface area contributed by atoms with Gasteiger partial charge in [-0.1, -0.05) is 30.8 Å². The topological polar surface area (TPSA) is 34.1 Å². The average molecular weight is 235 g/mol. The van der Waals surface area contributed by atoms with E-state index in [0.29, 0.717) is 10.8 Å². The molecule has 0 radical (unpaired) electrons. The van der Waals surface area contributed by atoms with Crippen LogP contribution in [0.4, 0.5) is 4.39 Å². The standard InChI is InChI=1S/C12H9FO2S/c1-2-16(14,15)12-8-7-11(13)9-5-3-4-6-10(9)12/h2-8H,1H2/i13-1. The van der Waals surface area contributed by atoms with Crippen LogP contribution in [0.25, 0.3) is 10.8 Å². The Bertz CT molecular complexity index is 660. The summed E-state index contributed by atoms with van der Waals surface area (Å²) < 4.78 is 36.8. The minimum Gasteiger partial charge on any atom is -0.219 e. The number of fused-ring (bicyclic) bond motifs is 1. The molecule has 0 unspecified atom stereocenters. The lowest BCUT2D eigenvalue weighted by Gasteiger charge is -2.05. The first-order chi connectivity index (χ1) is 7.56. The molecule has 0 fully saturated rings. The largest absolute Gasteiger partial charge is 0.219 e. The van der Waals surface area contributed by atoms with Crippen molar-refractivity contribution >= 4 is 20.6 Å². The Morgan fingerprint density at radius 2 is 1.69 bits per heavy atom. The van der Waals surface area contributed by atoms with Gasteiger partial charge in [0.15, 0.2) is 9.84 Å². The van der Waals surface area contributed by atoms with Gasteiger partial charge in [-0.15, -0.1) is 0 Å². The molecule has 0 aromatic heterocycles. The van der Waals surface area contributed by atoms with Crippen LogP contribution in [-0.4, -0.2) is 8.42 Å². The third-order valence-corrected chi connectivity index (χ3v) is 3.76. The smallest absolute Gasteiger partial charge is 0.199 e. The molecule has 2 aromatic rings. The van der Waals surface area contributed by atoms with Crippen molar-refractivity contribution in [2.75, 3.05) is 0 Å². The molecular formula is C12H9FO2S. The van der Waals surface area contributed by atoms with Crippen LogP contribution in [0.5, 0.6) is 0 Å². The van der Waals surface area contributed by atoms with Crippen molar-refractivity contribution in [1.29, 1.82) is 0 Å². The Morgan fingerprint density at radius 1 is 1.06 bits per heavy atom. The molecule has 0 saturated heterocycles. The first kappa shape index (κ1) is 10.8. The van der Waals surface area contributed by atoms with E-state index < -0.39 is 15.7 Å². The Balaban J connectivity index is 2.94. The summed E-state index contributed by atoms with van der Waals surface area (Å²) in [6.45, 7) is 3.26. The number of hydrogen-bond donors (Lipinski definition) is 0. The lowest BCUT2D eigenvalue weighted by molar-refractivity contribution is 0.605. The van der Waals surface area contributed by atoms with Gasteiger partial charge in [-0.3, -0.25) is 0 Å². The summed E-state index contributed by atoms with van der Waals surface area (Å²) in [7, 11) is -3.54. The third kappa shape index (κ3) is 1.61. The molecule has 2 nitrogen and oxygen atoms in total. The Morgan fingerprint density at radius 3 is 2.31 bits per heavy atom. The van der Waals surface area contributed by atoms with Gasteiger partial charge in [0.25, 0.3) is 0 Å². The van der Waals surface area contributed by atoms with E-state index in [4.69, 9.17) is 0 Å². The minimum atomic E-state index is -3.54. The van der Waals surface area contributed by atoms with Gasteiger partial charge < -0.3 is 0 Å². The van der Waals surface area contributed by atoms with Gasteiger partial charge in [0.05, 0.1) is 4.90 Å². The van der Waals surface area contributed by atoms with Crippen LogP contribution in [0, 0.1) is 5.82 Å². The van der Waals surface area contributed by atoms with Crippen LogP contribution in [0.1, 0.15) is 0 Å². The quantitative estimate of drug-likeness (QED) is 0.750. The molecule has 0 aliphatic carbocycles. The van der Waals surface area contributed by atoms with E-state index in [2.05, 4.69) is 6.58 Å². The number of rotatable bonds is 2. The van der Waals surface area contributed by atoms with Crippen molar-refractivity contribution in [3.05, 3.63) is 54.2 Å². The molecule has 16 heavy (non-hydrogen) atoms. The van der Waals surface area contributed by atoms with Gasteiger partial charge in [0, 0.05) is 16.2 Å². The molecule has 0 amide bonds. The molecule has 0 N–H and O–H groups in total. The zero-order valence-corrected chi connectivity index (χ0v) is 9.17. The Hall–Kier alpha value is -1.68. The van der Waals surface area contributed by atoms with E-state index in [1.165, 1.54) is 6.07 Å². The minimum absolute atomic E-state index is 0.0829. The molecular weight excluding hydrogens is 226 g/mol. The highest BCUT2D eigenvalue weighted by Crippen LogP contribution is 2.26. The first-order valence-corrected chi connectivity index (χ1v) is 6.15. The van der Waals surface area contributed by atoms with Crippen LogP contribution in [0.2, 0.25) is 0 Å². The predicted molar refractivity (Wildman–Crippen MR) is 61.3 cm³/mol. The number of sulfone groups is 1. The summed E-state index contributed by atoms with van der Waals surface area (Å²) in [4.78, 5) is 0.0829. The van der Waals surface area contributed by atoms with Gasteiger partial charge in [-0.25, -0.2) is 12.8 Å². The zero-order valence-electron chi connectivity index (χ0n) is 8.35. The Kier molecular flexibility index (Phi) is 2.52. The highest BCUT2D eigenvalue weighted by atomic mass is 32.2. The molecule has 2 aromatic carbocycles. The van der Waals surface area contributed by atoms with Crippen molar-refractivity contribution in [2.45, 2.75) is 4.90 Å². The molecule has 82 valence electrons. The molecule has 2 rings (SSSR count). The molecule has 0 spiro atoms. The van der Waals surface area contributed by atoms with Gasteiger partial charge in [0.2, 0.25) is 0 Å². The van der Waals surface area contributed by atoms with Crippen LogP contribution in [0.15, 0.2) is 53.3 Å². The van der Waals surface area contributed by atoms with Crippen molar-refractivity contribution in [3.63, 3.8) is 0 Å². The molecule has 0 aliphatic rings. The van der Waals surface area contributed by atoms with E-state index in [1.807, 2.05) is 0 Å². The van der Waals surface area contributed by atoms with Crippen molar-refractivity contribution < 1.29 is 12.8 Å². The summed E-state index contributed by atoms with van der Waals surface area (Å²) in [5.41, 5.74) is 0. The normalized spacial score (nSPS) is 11.6. The van der Waals surface area contributed by atoms with Crippen LogP contribution >= 0.6 is 0 Å². The SMILES string of the molecule is C=CS(=O)(=O)c1ccc([18F])c2ccccc12. The van der Waals surface area contributed by atoms with Crippen LogP contribution in [0.3, 0.4) is 0 Å². The molecule has 0 saturated carbocycles. The monoisotopic (exact) mass is 235 g/mol. The summed E-state index contributed by atoms with van der Waals surface area (Å²) in [5.74, 6) is -0.432. The summed E-state index contributed by atoms with van der Waals surface area (Å²) >= 11 is 0. The lowest BCUT2D eigenvalue weighted by atomic mass is 10.1. The lowest BCUT2D eigenvalue weighted by Crippen LogP contribution is -1.97. The second-order valence-electron chi connectivity index (χ2n) is 3.30. The van der Waals surface area contributed by atoms with Crippen molar-refractivity contribution in [2.24, 2.45) is 0 Å². The fourth-order valence-electron chi connectivity index (χ4n) is 1.57. The van der Waals surface area contributed by atoms with Crippen LogP contribution in [-0.2, 0) is 9.84 Å². The van der Waals surface area contributed by atoms with Gasteiger partial charge in [-0.2, -0.15) is 0 Å². The fourth-order valence-corrected chi connectivity index (χ4v) is 2.49. The number of halogens is 1. The maximum absolute atomic E-state index is 13.4. The average Bonchev–Trinajstić information content (AvgIpc) is 2.29. The molecule has 0 bridgehead atoms. The van der Waals surface area contributed by atoms with E-state index >= 15 is 0 Å². The van der Waals surface area contributed by atoms with E-state index in [1.54, 1.807) is 24.3 Å². The molecule has 0 aliphatic heterocycles. The molecule has 4 heteroatoms. The maximum Gasteiger partial charge on any atom is 0.199 e. The highest BCUT2D eigenvalue weighted by Gasteiger charge is 2.14. The summed E-state index contributed by atoms with van der Waals surface area (Å²) in [6.07, 6.45) is 0. The van der Waals surface area contributed by atoms with E-state index in [0.717, 1.165) is 11.5 Å². The first-order valence-electron chi connectivity index (χ1n) is 4.61. The summed E-state index contributed by atoms with van der Waals surface area (Å²) in [5, 5.41) is 1.54. The maximum atomic E-state index is 13.4. The molecule has 0 atom stereocenters. The Labute approximate surface area is 92.9 Å². The second kappa shape index (κ2) is 3.72. The van der Waals surface area contributed by atoms with Gasteiger partial charge >= 0.3 is 0 Å². The predicted octanol–water partition coefficient (Wildman–Crippen LogP) is 2.90. The van der Waals surface area contributed by atoms with Gasteiger partial charge in [-0.05, 0) is 12.1 Å². The number of benzene rings is 2. The number of hydrogen-bond acceptors (Lipinski definition) is 2. The van der Waals surface area contributed by atoms with Crippen molar-refractivity contribution in [1.82, 2.24) is 0 Å². The van der Waals surface area contributed by atoms with Gasteiger partial charge in [0.1, 0.15) is 5.82 Å². The van der Waals surface area contributed by atoms with Crippen LogP contribution < -0.4 is 0 Å². The third-order valence-electron chi connectivity index (χ3n) is 2.36.